The van der Waals surface area contributed by atoms with Gasteiger partial charge < -0.3 is 11.1 Å². The minimum Gasteiger partial charge on any atom is -0.398 e. The van der Waals surface area contributed by atoms with E-state index in [-0.39, 0.29) is 5.69 Å². The monoisotopic (exact) mass is 303 g/mol. The highest BCUT2D eigenvalue weighted by atomic mass is 32.2. The molecule has 0 aliphatic rings. The molecule has 0 unspecified atom stereocenters. The minimum absolute atomic E-state index is 0.189. The van der Waals surface area contributed by atoms with Crippen LogP contribution in [-0.4, -0.2) is 38.8 Å². The Morgan fingerprint density at radius 2 is 2.10 bits per heavy atom. The van der Waals surface area contributed by atoms with Crippen LogP contribution >= 0.6 is 0 Å². The van der Waals surface area contributed by atoms with Crippen molar-refractivity contribution in [1.82, 2.24) is 9.62 Å². The first-order chi connectivity index (χ1) is 9.30. The number of sulfonamides is 1. The molecule has 8 heteroatoms. The van der Waals surface area contributed by atoms with Gasteiger partial charge in [0.25, 0.3) is 0 Å². The van der Waals surface area contributed by atoms with E-state index in [1.54, 1.807) is 0 Å². The number of nitrogens with zero attached hydrogens (tertiary/aromatic N) is 1. The quantitative estimate of drug-likeness (QED) is 0.751. The summed E-state index contributed by atoms with van der Waals surface area (Å²) in [6.45, 7) is 1.94. The summed E-state index contributed by atoms with van der Waals surface area (Å²) in [7, 11) is -2.95. The van der Waals surface area contributed by atoms with Crippen LogP contribution in [0.1, 0.15) is 13.3 Å². The summed E-state index contributed by atoms with van der Waals surface area (Å²) in [5, 5.41) is 2.55. The second-order valence-electron chi connectivity index (χ2n) is 4.27. The van der Waals surface area contributed by atoms with Crippen LogP contribution in [0.4, 0.5) is 10.1 Å². The second-order valence-corrected chi connectivity index (χ2v) is 6.25. The predicted molar refractivity (Wildman–Crippen MR) is 73.9 cm³/mol. The fraction of sp³-hybridized carbons (Fsp3) is 0.417. The van der Waals surface area contributed by atoms with Crippen LogP contribution < -0.4 is 11.1 Å². The first-order valence-electron chi connectivity index (χ1n) is 6.07. The maximum Gasteiger partial charge on any atom is 0.248 e. The van der Waals surface area contributed by atoms with E-state index in [0.29, 0.717) is 6.54 Å². The highest BCUT2D eigenvalue weighted by Crippen LogP contribution is 2.24. The van der Waals surface area contributed by atoms with Gasteiger partial charge in [0.15, 0.2) is 0 Å². The van der Waals surface area contributed by atoms with Crippen molar-refractivity contribution in [2.45, 2.75) is 18.2 Å². The third-order valence-electron chi connectivity index (χ3n) is 2.60. The van der Waals surface area contributed by atoms with E-state index in [1.807, 2.05) is 6.92 Å². The Kier molecular flexibility index (Phi) is 5.46. The topological polar surface area (TPSA) is 92.5 Å². The Morgan fingerprint density at radius 3 is 2.65 bits per heavy atom. The lowest BCUT2D eigenvalue weighted by Crippen LogP contribution is -2.39. The van der Waals surface area contributed by atoms with Crippen LogP contribution in [0.2, 0.25) is 0 Å². The molecule has 0 atom stereocenters. The van der Waals surface area contributed by atoms with Crippen molar-refractivity contribution in [1.29, 1.82) is 0 Å². The number of hydrogen-bond donors (Lipinski definition) is 2. The van der Waals surface area contributed by atoms with Gasteiger partial charge >= 0.3 is 0 Å². The van der Waals surface area contributed by atoms with E-state index in [0.717, 1.165) is 16.8 Å². The molecule has 0 heterocycles. The van der Waals surface area contributed by atoms with Crippen LogP contribution in [0.3, 0.4) is 0 Å². The van der Waals surface area contributed by atoms with Gasteiger partial charge in [-0.1, -0.05) is 13.0 Å². The maximum atomic E-state index is 13.7. The van der Waals surface area contributed by atoms with E-state index in [9.17, 15) is 17.6 Å². The number of halogens is 1. The lowest BCUT2D eigenvalue weighted by Gasteiger charge is -2.18. The van der Waals surface area contributed by atoms with Gasteiger partial charge in [-0.2, -0.15) is 4.31 Å². The number of likely N-dealkylation sites (N-methyl/N-ethyl adjacent to an activating group) is 1. The second kappa shape index (κ2) is 6.67. The Bertz CT molecular complexity index is 569. The molecule has 0 fully saturated rings. The van der Waals surface area contributed by atoms with Gasteiger partial charge in [-0.05, 0) is 18.6 Å². The molecule has 0 radical (unpaired) electrons. The zero-order valence-corrected chi connectivity index (χ0v) is 12.2. The van der Waals surface area contributed by atoms with Gasteiger partial charge in [0.2, 0.25) is 15.9 Å². The molecule has 3 N–H and O–H groups in total. The third kappa shape index (κ3) is 3.67. The van der Waals surface area contributed by atoms with Gasteiger partial charge in [-0.3, -0.25) is 4.79 Å². The molecule has 1 amide bonds. The standard InChI is InChI=1S/C12H18FN3O3S/c1-3-7-15-11(17)8-16(2)20(18,19)12-9(13)5-4-6-10(12)14/h4-6H,3,7-8,14H2,1-2H3,(H,15,17). The largest absolute Gasteiger partial charge is 0.398 e. The molecule has 112 valence electrons. The number of carbonyl (C=O) groups is 1. The number of carbonyl (C=O) groups excluding carboxylic acids is 1. The van der Waals surface area contributed by atoms with Crippen molar-refractivity contribution in [3.63, 3.8) is 0 Å². The van der Waals surface area contributed by atoms with Crippen molar-refractivity contribution < 1.29 is 17.6 Å². The minimum atomic E-state index is -4.15. The number of hydrogen-bond acceptors (Lipinski definition) is 4. The van der Waals surface area contributed by atoms with Crippen molar-refractivity contribution in [3.8, 4) is 0 Å². The molecule has 6 nitrogen and oxygen atoms in total. The summed E-state index contributed by atoms with van der Waals surface area (Å²) < 4.78 is 38.8. The summed E-state index contributed by atoms with van der Waals surface area (Å²) in [5.41, 5.74) is 5.32. The molecular formula is C12H18FN3O3S. The smallest absolute Gasteiger partial charge is 0.248 e. The number of amides is 1. The van der Waals surface area contributed by atoms with E-state index in [2.05, 4.69) is 5.32 Å². The summed E-state index contributed by atoms with van der Waals surface area (Å²) in [4.78, 5) is 10.9. The zero-order chi connectivity index (χ0) is 15.3. The fourth-order valence-electron chi connectivity index (χ4n) is 1.56. The molecule has 0 bridgehead atoms. The van der Waals surface area contributed by atoms with Crippen molar-refractivity contribution in [2.24, 2.45) is 0 Å². The van der Waals surface area contributed by atoms with Gasteiger partial charge in [-0.25, -0.2) is 12.8 Å². The molecule has 0 saturated heterocycles. The average Bonchev–Trinajstić information content (AvgIpc) is 2.35. The Morgan fingerprint density at radius 1 is 1.45 bits per heavy atom. The molecule has 1 aromatic rings. The van der Waals surface area contributed by atoms with E-state index < -0.39 is 33.2 Å². The van der Waals surface area contributed by atoms with Gasteiger partial charge in [0, 0.05) is 13.6 Å². The summed E-state index contributed by atoms with van der Waals surface area (Å²) >= 11 is 0. The average molecular weight is 303 g/mol. The normalized spacial score (nSPS) is 11.6. The first kappa shape index (κ1) is 16.4. The number of rotatable bonds is 6. The molecule has 0 spiro atoms. The van der Waals surface area contributed by atoms with E-state index >= 15 is 0 Å². The lowest BCUT2D eigenvalue weighted by atomic mass is 10.3. The summed E-state index contributed by atoms with van der Waals surface area (Å²) in [6, 6.07) is 3.62. The van der Waals surface area contributed by atoms with Crippen molar-refractivity contribution in [2.75, 3.05) is 25.9 Å². The number of anilines is 1. The Labute approximate surface area is 117 Å². The highest BCUT2D eigenvalue weighted by molar-refractivity contribution is 7.89. The van der Waals surface area contributed by atoms with Gasteiger partial charge in [0.05, 0.1) is 12.2 Å². The first-order valence-corrected chi connectivity index (χ1v) is 7.51. The molecular weight excluding hydrogens is 285 g/mol. The van der Waals surface area contributed by atoms with Crippen LogP contribution in [0.5, 0.6) is 0 Å². The molecule has 1 aromatic carbocycles. The third-order valence-corrected chi connectivity index (χ3v) is 4.50. The number of benzene rings is 1. The Balaban J connectivity index is 2.96. The number of nitrogens with two attached hydrogens (primary N) is 1. The van der Waals surface area contributed by atoms with Crippen LogP contribution in [0.15, 0.2) is 23.1 Å². The van der Waals surface area contributed by atoms with E-state index in [4.69, 9.17) is 5.73 Å². The summed E-state index contributed by atoms with van der Waals surface area (Å²) in [5.74, 6) is -1.39. The van der Waals surface area contributed by atoms with Gasteiger partial charge in [-0.15, -0.1) is 0 Å². The van der Waals surface area contributed by atoms with E-state index in [1.165, 1.54) is 19.2 Å². The molecule has 0 saturated carbocycles. The molecule has 20 heavy (non-hydrogen) atoms. The molecule has 0 aliphatic heterocycles. The number of nitrogens with one attached hydrogen (secondary N) is 1. The van der Waals surface area contributed by atoms with Gasteiger partial charge in [0.1, 0.15) is 10.7 Å². The Hall–Kier alpha value is -1.67. The van der Waals surface area contributed by atoms with Crippen molar-refractivity contribution in [3.05, 3.63) is 24.0 Å². The van der Waals surface area contributed by atoms with Crippen LogP contribution in [0.25, 0.3) is 0 Å². The van der Waals surface area contributed by atoms with Crippen molar-refractivity contribution >= 4 is 21.6 Å². The zero-order valence-electron chi connectivity index (χ0n) is 11.4. The van der Waals surface area contributed by atoms with Crippen LogP contribution in [0, 0.1) is 5.82 Å². The molecule has 1 rings (SSSR count). The predicted octanol–water partition coefficient (Wildman–Crippen LogP) is 0.555. The maximum absolute atomic E-state index is 13.7. The SMILES string of the molecule is CCCNC(=O)CN(C)S(=O)(=O)c1c(N)cccc1F. The number of nitrogen functional groups attached to an aromatic ring is 1. The summed E-state index contributed by atoms with van der Waals surface area (Å²) in [6.07, 6.45) is 0.739. The lowest BCUT2D eigenvalue weighted by molar-refractivity contribution is -0.121. The highest BCUT2D eigenvalue weighted by Gasteiger charge is 2.28. The van der Waals surface area contributed by atoms with Crippen LogP contribution in [-0.2, 0) is 14.8 Å². The molecule has 0 aromatic heterocycles. The fourth-order valence-corrected chi connectivity index (χ4v) is 2.84. The molecule has 0 aliphatic carbocycles.